The molecule has 6 nitrogen and oxygen atoms in total. The predicted molar refractivity (Wildman–Crippen MR) is 138 cm³/mol. The Morgan fingerprint density at radius 3 is 2.42 bits per heavy atom. The highest BCUT2D eigenvalue weighted by Gasteiger charge is 2.52. The molecule has 0 aromatic heterocycles. The van der Waals surface area contributed by atoms with Crippen LogP contribution in [0.15, 0.2) is 42.5 Å². The van der Waals surface area contributed by atoms with Gasteiger partial charge in [-0.1, -0.05) is 35.9 Å². The van der Waals surface area contributed by atoms with E-state index in [1.165, 1.54) is 12.1 Å². The standard InChI is InChI=1S/C28H35ClFN3O3/c1-19(21-16-22(29)18-23(30)17-21)31(5)25(34)28(11-10-20-8-6-7-9-24(20)28)33-14-12-32(13-15-33)26(35)36-27(2,3)4/h6-9,16-19H,10-15H2,1-5H3. The molecule has 2 aliphatic rings. The van der Waals surface area contributed by atoms with Gasteiger partial charge >= 0.3 is 6.09 Å². The Labute approximate surface area is 218 Å². The van der Waals surface area contributed by atoms with Gasteiger partial charge in [0, 0.05) is 38.2 Å². The van der Waals surface area contributed by atoms with Crippen LogP contribution in [0, 0.1) is 5.82 Å². The SMILES string of the molecule is CC(c1cc(F)cc(Cl)c1)N(C)C(=O)C1(N2CCN(C(=O)OC(C)(C)C)CC2)CCc2ccccc21. The van der Waals surface area contributed by atoms with Gasteiger partial charge in [0.05, 0.1) is 6.04 Å². The van der Waals surface area contributed by atoms with Gasteiger partial charge in [-0.05, 0) is 75.4 Å². The molecular formula is C28H35ClFN3O3. The molecular weight excluding hydrogens is 481 g/mol. The maximum atomic E-state index is 14.4. The number of carbonyl (C=O) groups is 2. The molecule has 36 heavy (non-hydrogen) atoms. The van der Waals surface area contributed by atoms with Gasteiger partial charge in [-0.25, -0.2) is 9.18 Å². The first kappa shape index (κ1) is 26.4. The van der Waals surface area contributed by atoms with Crippen molar-refractivity contribution in [3.63, 3.8) is 0 Å². The summed E-state index contributed by atoms with van der Waals surface area (Å²) in [5.41, 5.74) is 1.41. The Balaban J connectivity index is 1.62. The maximum absolute atomic E-state index is 14.4. The fourth-order valence-corrected chi connectivity index (χ4v) is 5.61. The lowest BCUT2D eigenvalue weighted by molar-refractivity contribution is -0.148. The number of amides is 2. The minimum atomic E-state index is -0.850. The molecule has 1 fully saturated rings. The molecule has 1 saturated heterocycles. The number of rotatable bonds is 4. The highest BCUT2D eigenvalue weighted by atomic mass is 35.5. The quantitative estimate of drug-likeness (QED) is 0.547. The number of piperazine rings is 1. The summed E-state index contributed by atoms with van der Waals surface area (Å²) in [6.45, 7) is 9.50. The summed E-state index contributed by atoms with van der Waals surface area (Å²) >= 11 is 6.11. The second-order valence-electron chi connectivity index (χ2n) is 10.8. The van der Waals surface area contributed by atoms with Crippen molar-refractivity contribution in [2.45, 2.75) is 57.7 Å². The van der Waals surface area contributed by atoms with Gasteiger partial charge in [0.15, 0.2) is 0 Å². The van der Waals surface area contributed by atoms with E-state index in [1.807, 2.05) is 45.9 Å². The number of benzene rings is 2. The van der Waals surface area contributed by atoms with Crippen LogP contribution in [0.5, 0.6) is 0 Å². The molecule has 2 unspecified atom stereocenters. The van der Waals surface area contributed by atoms with Gasteiger partial charge in [0.25, 0.3) is 0 Å². The van der Waals surface area contributed by atoms with Crippen LogP contribution in [0.25, 0.3) is 0 Å². The Bertz CT molecular complexity index is 1120. The molecule has 1 aliphatic heterocycles. The number of aryl methyl sites for hydroxylation is 1. The highest BCUT2D eigenvalue weighted by Crippen LogP contribution is 2.44. The van der Waals surface area contributed by atoms with E-state index in [0.29, 0.717) is 43.2 Å². The number of likely N-dealkylation sites (N-methyl/N-ethyl adjacent to an activating group) is 1. The van der Waals surface area contributed by atoms with Crippen LogP contribution in [0.2, 0.25) is 5.02 Å². The molecule has 1 heterocycles. The Kier molecular flexibility index (Phi) is 7.35. The van der Waals surface area contributed by atoms with Gasteiger partial charge in [0.1, 0.15) is 17.0 Å². The minimum absolute atomic E-state index is 0.0361. The van der Waals surface area contributed by atoms with Gasteiger partial charge in [-0.3, -0.25) is 9.69 Å². The third-order valence-electron chi connectivity index (χ3n) is 7.31. The fraction of sp³-hybridized carbons (Fsp3) is 0.500. The molecule has 8 heteroatoms. The topological polar surface area (TPSA) is 53.1 Å². The highest BCUT2D eigenvalue weighted by molar-refractivity contribution is 6.30. The van der Waals surface area contributed by atoms with Crippen LogP contribution in [-0.4, -0.2) is 65.5 Å². The van der Waals surface area contributed by atoms with Crippen LogP contribution in [0.3, 0.4) is 0 Å². The molecule has 2 aromatic carbocycles. The van der Waals surface area contributed by atoms with E-state index in [9.17, 15) is 14.0 Å². The van der Waals surface area contributed by atoms with E-state index >= 15 is 0 Å². The van der Waals surface area contributed by atoms with Gasteiger partial charge in [-0.2, -0.15) is 0 Å². The summed E-state index contributed by atoms with van der Waals surface area (Å²) in [6.07, 6.45) is 1.11. The Hall–Kier alpha value is -2.64. The van der Waals surface area contributed by atoms with Crippen LogP contribution < -0.4 is 0 Å². The van der Waals surface area contributed by atoms with E-state index in [-0.39, 0.29) is 18.0 Å². The van der Waals surface area contributed by atoms with Crippen molar-refractivity contribution in [2.24, 2.45) is 0 Å². The number of ether oxygens (including phenoxy) is 1. The van der Waals surface area contributed by atoms with Crippen molar-refractivity contribution in [1.82, 2.24) is 14.7 Å². The lowest BCUT2D eigenvalue weighted by Crippen LogP contribution is -2.61. The van der Waals surface area contributed by atoms with E-state index in [4.69, 9.17) is 16.3 Å². The zero-order chi connectivity index (χ0) is 26.3. The summed E-state index contributed by atoms with van der Waals surface area (Å²) in [5, 5.41) is 0.303. The van der Waals surface area contributed by atoms with E-state index in [2.05, 4.69) is 11.0 Å². The van der Waals surface area contributed by atoms with E-state index < -0.39 is 17.0 Å². The van der Waals surface area contributed by atoms with Crippen molar-refractivity contribution in [3.05, 3.63) is 70.0 Å². The van der Waals surface area contributed by atoms with Crippen LogP contribution in [0.4, 0.5) is 9.18 Å². The molecule has 4 rings (SSSR count). The number of hydrogen-bond acceptors (Lipinski definition) is 4. The molecule has 0 radical (unpaired) electrons. The lowest BCUT2D eigenvalue weighted by Gasteiger charge is -2.47. The van der Waals surface area contributed by atoms with Crippen molar-refractivity contribution in [2.75, 3.05) is 33.2 Å². The normalized spacial score (nSPS) is 21.1. The first-order valence-corrected chi connectivity index (χ1v) is 12.8. The average Bonchev–Trinajstić information content (AvgIpc) is 3.21. The van der Waals surface area contributed by atoms with Crippen molar-refractivity contribution in [1.29, 1.82) is 0 Å². The van der Waals surface area contributed by atoms with Crippen molar-refractivity contribution in [3.8, 4) is 0 Å². The largest absolute Gasteiger partial charge is 0.444 e. The maximum Gasteiger partial charge on any atom is 0.410 e. The summed E-state index contributed by atoms with van der Waals surface area (Å²) in [5.74, 6) is -0.463. The van der Waals surface area contributed by atoms with Crippen molar-refractivity contribution >= 4 is 23.6 Å². The fourth-order valence-electron chi connectivity index (χ4n) is 5.38. The molecule has 0 N–H and O–H groups in total. The Morgan fingerprint density at radius 2 is 1.78 bits per heavy atom. The van der Waals surface area contributed by atoms with E-state index in [0.717, 1.165) is 17.5 Å². The molecule has 0 bridgehead atoms. The summed E-state index contributed by atoms with van der Waals surface area (Å²) in [4.78, 5) is 32.6. The molecule has 2 atom stereocenters. The molecule has 1 aliphatic carbocycles. The van der Waals surface area contributed by atoms with Gasteiger partial charge in [0.2, 0.25) is 5.91 Å². The summed E-state index contributed by atoms with van der Waals surface area (Å²) < 4.78 is 19.6. The summed E-state index contributed by atoms with van der Waals surface area (Å²) in [6, 6.07) is 12.1. The number of halogens is 2. The number of carbonyl (C=O) groups excluding carboxylic acids is 2. The van der Waals surface area contributed by atoms with Crippen LogP contribution in [0.1, 0.15) is 56.8 Å². The third-order valence-corrected chi connectivity index (χ3v) is 7.53. The third kappa shape index (κ3) is 5.09. The van der Waals surface area contributed by atoms with Crippen LogP contribution >= 0.6 is 11.6 Å². The smallest absolute Gasteiger partial charge is 0.410 e. The number of nitrogens with zero attached hydrogens (tertiary/aromatic N) is 3. The number of fused-ring (bicyclic) bond motifs is 1. The molecule has 2 aromatic rings. The first-order valence-electron chi connectivity index (χ1n) is 12.5. The second kappa shape index (κ2) is 10.0. The molecule has 2 amide bonds. The van der Waals surface area contributed by atoms with Gasteiger partial charge < -0.3 is 14.5 Å². The van der Waals surface area contributed by atoms with Crippen LogP contribution in [-0.2, 0) is 21.5 Å². The monoisotopic (exact) mass is 515 g/mol. The predicted octanol–water partition coefficient (Wildman–Crippen LogP) is 5.39. The Morgan fingerprint density at radius 1 is 1.11 bits per heavy atom. The van der Waals surface area contributed by atoms with E-state index in [1.54, 1.807) is 22.9 Å². The lowest BCUT2D eigenvalue weighted by atomic mass is 9.86. The zero-order valence-corrected chi connectivity index (χ0v) is 22.4. The van der Waals surface area contributed by atoms with Gasteiger partial charge in [-0.15, -0.1) is 0 Å². The molecule has 194 valence electrons. The average molecular weight is 516 g/mol. The second-order valence-corrected chi connectivity index (χ2v) is 11.2. The molecule has 0 spiro atoms. The first-order chi connectivity index (χ1) is 16.9. The zero-order valence-electron chi connectivity index (χ0n) is 21.7. The summed E-state index contributed by atoms with van der Waals surface area (Å²) in [7, 11) is 1.77. The minimum Gasteiger partial charge on any atom is -0.444 e. The number of hydrogen-bond donors (Lipinski definition) is 0. The molecule has 0 saturated carbocycles. The van der Waals surface area contributed by atoms with Crippen molar-refractivity contribution < 1.29 is 18.7 Å².